The summed E-state index contributed by atoms with van der Waals surface area (Å²) in [6, 6.07) is 0.315. The van der Waals surface area contributed by atoms with Gasteiger partial charge in [0.05, 0.1) is 7.11 Å². The number of pyridine rings is 1. The van der Waals surface area contributed by atoms with Crippen LogP contribution in [0.1, 0.15) is 30.8 Å². The predicted molar refractivity (Wildman–Crippen MR) is 71.3 cm³/mol. The first-order valence-electron chi connectivity index (χ1n) is 6.18. The highest BCUT2D eigenvalue weighted by Crippen LogP contribution is 2.29. The molecule has 8 nitrogen and oxygen atoms in total. The number of esters is 1. The third-order valence-corrected chi connectivity index (χ3v) is 2.53. The molecule has 8 heteroatoms. The Morgan fingerprint density at radius 3 is 2.62 bits per heavy atom. The molecule has 2 N–H and O–H groups in total. The fourth-order valence-corrected chi connectivity index (χ4v) is 1.36. The van der Waals surface area contributed by atoms with Crippen LogP contribution in [0.15, 0.2) is 12.3 Å². The Balaban J connectivity index is 3.13. The lowest BCUT2D eigenvalue weighted by molar-refractivity contribution is -0.139. The van der Waals surface area contributed by atoms with Crippen molar-refractivity contribution in [1.29, 1.82) is 0 Å². The summed E-state index contributed by atoms with van der Waals surface area (Å²) in [4.78, 5) is 38.0. The van der Waals surface area contributed by atoms with Crippen LogP contribution in [0, 0.1) is 0 Å². The van der Waals surface area contributed by atoms with Crippen molar-refractivity contribution in [1.82, 2.24) is 10.3 Å². The molecule has 0 spiro atoms. The molecule has 1 heterocycles. The first-order valence-corrected chi connectivity index (χ1v) is 6.18. The molecule has 1 aromatic rings. The van der Waals surface area contributed by atoms with Gasteiger partial charge < -0.3 is 19.9 Å². The lowest BCUT2D eigenvalue weighted by Crippen LogP contribution is -2.39. The van der Waals surface area contributed by atoms with Crippen molar-refractivity contribution >= 4 is 17.8 Å². The smallest absolute Gasteiger partial charge is 0.325 e. The number of amides is 1. The van der Waals surface area contributed by atoms with Crippen LogP contribution in [-0.2, 0) is 9.59 Å². The van der Waals surface area contributed by atoms with Gasteiger partial charge in [0.15, 0.2) is 11.4 Å². The quantitative estimate of drug-likeness (QED) is 0.739. The number of aromatic nitrogens is 1. The number of carbonyl (C=O) groups excluding carboxylic acids is 2. The van der Waals surface area contributed by atoms with Gasteiger partial charge in [0.25, 0.3) is 5.91 Å². The van der Waals surface area contributed by atoms with Gasteiger partial charge in [-0.2, -0.15) is 0 Å². The van der Waals surface area contributed by atoms with E-state index in [0.717, 1.165) is 0 Å². The summed E-state index contributed by atoms with van der Waals surface area (Å²) in [5, 5.41) is 11.0. The number of carboxylic acids is 1. The first-order chi connectivity index (χ1) is 9.90. The van der Waals surface area contributed by atoms with Crippen molar-refractivity contribution in [2.45, 2.75) is 26.3 Å². The molecule has 114 valence electrons. The number of methoxy groups -OCH3 is 1. The van der Waals surface area contributed by atoms with Crippen molar-refractivity contribution in [2.75, 3.05) is 7.11 Å². The third kappa shape index (κ3) is 4.16. The van der Waals surface area contributed by atoms with E-state index in [0.29, 0.717) is 0 Å². The van der Waals surface area contributed by atoms with E-state index in [4.69, 9.17) is 14.6 Å². The number of aliphatic carboxylic acids is 1. The zero-order valence-corrected chi connectivity index (χ0v) is 11.9. The summed E-state index contributed by atoms with van der Waals surface area (Å²) in [7, 11) is 1.35. The molecule has 0 aromatic carbocycles. The van der Waals surface area contributed by atoms with Gasteiger partial charge in [-0.15, -0.1) is 0 Å². The van der Waals surface area contributed by atoms with Gasteiger partial charge in [-0.3, -0.25) is 14.4 Å². The van der Waals surface area contributed by atoms with E-state index in [1.165, 1.54) is 26.3 Å². The average molecular weight is 296 g/mol. The summed E-state index contributed by atoms with van der Waals surface area (Å²) in [5.41, 5.74) is -0.218. The van der Waals surface area contributed by atoms with Crippen LogP contribution < -0.4 is 14.8 Å². The van der Waals surface area contributed by atoms with Gasteiger partial charge in [0.2, 0.25) is 5.75 Å². The molecule has 0 saturated heterocycles. The molecule has 21 heavy (non-hydrogen) atoms. The Bertz CT molecular complexity index is 558. The van der Waals surface area contributed by atoms with E-state index in [1.54, 1.807) is 6.92 Å². The molecule has 0 saturated carbocycles. The number of hydrogen-bond acceptors (Lipinski definition) is 6. The van der Waals surface area contributed by atoms with Crippen LogP contribution in [0.3, 0.4) is 0 Å². The second-order valence-electron chi connectivity index (χ2n) is 4.05. The molecule has 0 aliphatic rings. The molecule has 0 fully saturated rings. The maximum atomic E-state index is 12.0. The molecule has 0 radical (unpaired) electrons. The fraction of sp³-hybridized carbons (Fsp3) is 0.385. The molecule has 0 aliphatic heterocycles. The van der Waals surface area contributed by atoms with Gasteiger partial charge in [0, 0.05) is 18.7 Å². The molecule has 0 bridgehead atoms. The predicted octanol–water partition coefficient (Wildman–Crippen LogP) is 0.608. The van der Waals surface area contributed by atoms with E-state index < -0.39 is 23.9 Å². The van der Waals surface area contributed by atoms with Crippen LogP contribution in [0.5, 0.6) is 11.5 Å². The summed E-state index contributed by atoms with van der Waals surface area (Å²) in [6.07, 6.45) is 1.40. The van der Waals surface area contributed by atoms with Gasteiger partial charge in [-0.25, -0.2) is 4.98 Å². The normalized spacial score (nSPS) is 11.4. The molecule has 0 aliphatic carbocycles. The number of carbonyl (C=O) groups is 3. The maximum absolute atomic E-state index is 12.0. The number of nitrogens with zero attached hydrogens (tertiary/aromatic N) is 1. The number of nitrogens with one attached hydrogen (secondary N) is 1. The topological polar surface area (TPSA) is 115 Å². The van der Waals surface area contributed by atoms with Crippen molar-refractivity contribution in [3.05, 3.63) is 18.0 Å². The van der Waals surface area contributed by atoms with E-state index in [2.05, 4.69) is 10.3 Å². The molecule has 1 atom stereocenters. The molecule has 0 unspecified atom stereocenters. The second kappa shape index (κ2) is 7.22. The van der Waals surface area contributed by atoms with Crippen molar-refractivity contribution in [3.8, 4) is 11.5 Å². The number of carboxylic acid groups (broad SMARTS) is 1. The fourth-order valence-electron chi connectivity index (χ4n) is 1.36. The van der Waals surface area contributed by atoms with Gasteiger partial charge >= 0.3 is 11.9 Å². The lowest BCUT2D eigenvalue weighted by Gasteiger charge is -2.14. The minimum Gasteiger partial charge on any atom is -0.493 e. The minimum atomic E-state index is -1.20. The van der Waals surface area contributed by atoms with Crippen molar-refractivity contribution < 1.29 is 29.0 Å². The Labute approximate surface area is 121 Å². The largest absolute Gasteiger partial charge is 0.493 e. The SMILES string of the molecule is CCC(=O)Oc1c(OC)ccnc1C(=O)N[C@@H](C)C(=O)O. The molecular weight excluding hydrogens is 280 g/mol. The highest BCUT2D eigenvalue weighted by atomic mass is 16.6. The number of ether oxygens (including phenoxy) is 2. The Morgan fingerprint density at radius 2 is 2.10 bits per heavy atom. The molecule has 1 aromatic heterocycles. The van der Waals surface area contributed by atoms with E-state index in [1.807, 2.05) is 0 Å². The Kier molecular flexibility index (Phi) is 5.65. The zero-order chi connectivity index (χ0) is 16.0. The standard InChI is InChI=1S/C13H16N2O6/c1-4-9(16)21-11-8(20-3)5-6-14-10(11)12(17)15-7(2)13(18)19/h5-7H,4H2,1-3H3,(H,15,17)(H,18,19)/t7-/m0/s1. The third-order valence-electron chi connectivity index (χ3n) is 2.53. The van der Waals surface area contributed by atoms with Crippen LogP contribution in [0.4, 0.5) is 0 Å². The molecule has 1 amide bonds. The lowest BCUT2D eigenvalue weighted by atomic mass is 10.2. The number of rotatable bonds is 6. The summed E-state index contributed by atoms with van der Waals surface area (Å²) in [5.74, 6) is -2.52. The van der Waals surface area contributed by atoms with E-state index in [9.17, 15) is 14.4 Å². The highest BCUT2D eigenvalue weighted by molar-refractivity contribution is 5.98. The van der Waals surface area contributed by atoms with Crippen molar-refractivity contribution in [2.24, 2.45) is 0 Å². The average Bonchev–Trinajstić information content (AvgIpc) is 2.46. The van der Waals surface area contributed by atoms with Crippen LogP contribution in [0.2, 0.25) is 0 Å². The summed E-state index contributed by atoms with van der Waals surface area (Å²) < 4.78 is 10.1. The van der Waals surface area contributed by atoms with Crippen LogP contribution >= 0.6 is 0 Å². The Morgan fingerprint density at radius 1 is 1.43 bits per heavy atom. The summed E-state index contributed by atoms with van der Waals surface area (Å²) in [6.45, 7) is 2.90. The first kappa shape index (κ1) is 16.4. The van der Waals surface area contributed by atoms with E-state index in [-0.39, 0.29) is 23.6 Å². The van der Waals surface area contributed by atoms with Gasteiger partial charge in [-0.05, 0) is 6.92 Å². The zero-order valence-electron chi connectivity index (χ0n) is 11.9. The van der Waals surface area contributed by atoms with Gasteiger partial charge in [-0.1, -0.05) is 6.92 Å². The molecule has 1 rings (SSSR count). The van der Waals surface area contributed by atoms with Crippen LogP contribution in [-0.4, -0.2) is 41.1 Å². The van der Waals surface area contributed by atoms with Crippen LogP contribution in [0.25, 0.3) is 0 Å². The maximum Gasteiger partial charge on any atom is 0.325 e. The van der Waals surface area contributed by atoms with Crippen molar-refractivity contribution in [3.63, 3.8) is 0 Å². The van der Waals surface area contributed by atoms with E-state index >= 15 is 0 Å². The second-order valence-corrected chi connectivity index (χ2v) is 4.05. The highest BCUT2D eigenvalue weighted by Gasteiger charge is 2.23. The van der Waals surface area contributed by atoms with Gasteiger partial charge in [0.1, 0.15) is 6.04 Å². The summed E-state index contributed by atoms with van der Waals surface area (Å²) >= 11 is 0. The minimum absolute atomic E-state index is 0.102. The number of hydrogen-bond donors (Lipinski definition) is 2. The monoisotopic (exact) mass is 296 g/mol. The molecular formula is C13H16N2O6. The Hall–Kier alpha value is -2.64.